The van der Waals surface area contributed by atoms with Crippen molar-refractivity contribution >= 4 is 5.91 Å². The summed E-state index contributed by atoms with van der Waals surface area (Å²) in [5, 5.41) is 4.00. The van der Waals surface area contributed by atoms with Crippen LogP contribution in [0.25, 0.3) is 11.4 Å². The minimum absolute atomic E-state index is 0.168. The molecule has 3 aromatic rings. The molecule has 0 aliphatic carbocycles. The number of methoxy groups -OCH3 is 2. The molecule has 0 aliphatic rings. The van der Waals surface area contributed by atoms with Crippen LogP contribution in [0.3, 0.4) is 0 Å². The first-order chi connectivity index (χ1) is 14.5. The zero-order valence-electron chi connectivity index (χ0n) is 17.5. The summed E-state index contributed by atoms with van der Waals surface area (Å²) in [7, 11) is 4.83. The first kappa shape index (κ1) is 21.2. The van der Waals surface area contributed by atoms with Gasteiger partial charge in [-0.1, -0.05) is 36.3 Å². The molecule has 0 saturated heterocycles. The third-order valence-electron chi connectivity index (χ3n) is 4.53. The molecule has 8 heteroatoms. The van der Waals surface area contributed by atoms with Gasteiger partial charge in [-0.25, -0.2) is 0 Å². The van der Waals surface area contributed by atoms with Crippen LogP contribution in [0.15, 0.2) is 53.1 Å². The number of nitrogens with zero attached hydrogens (tertiary/aromatic N) is 3. The van der Waals surface area contributed by atoms with Crippen LogP contribution in [0.5, 0.6) is 17.2 Å². The highest BCUT2D eigenvalue weighted by atomic mass is 16.5. The molecule has 1 aromatic heterocycles. The maximum Gasteiger partial charge on any atom is 0.263 e. The number of hydrogen-bond donors (Lipinski definition) is 0. The molecule has 3 rings (SSSR count). The van der Waals surface area contributed by atoms with Crippen LogP contribution in [-0.2, 0) is 11.3 Å². The van der Waals surface area contributed by atoms with E-state index in [9.17, 15) is 4.79 Å². The lowest BCUT2D eigenvalue weighted by molar-refractivity contribution is -0.138. The van der Waals surface area contributed by atoms with Gasteiger partial charge in [0.25, 0.3) is 5.91 Å². The zero-order valence-corrected chi connectivity index (χ0v) is 17.5. The predicted molar refractivity (Wildman–Crippen MR) is 110 cm³/mol. The quantitative estimate of drug-likeness (QED) is 0.532. The molecule has 8 nitrogen and oxygen atoms in total. The third kappa shape index (κ3) is 4.89. The summed E-state index contributed by atoms with van der Waals surface area (Å²) < 4.78 is 21.8. The SMILES string of the molecule is CCC(Oc1ccccc1OC)C(=O)N(C)Cc1nc(-c2cccc(OC)c2)no1. The van der Waals surface area contributed by atoms with Crippen molar-refractivity contribution in [3.8, 4) is 28.6 Å². The van der Waals surface area contributed by atoms with E-state index in [1.54, 1.807) is 33.4 Å². The fourth-order valence-corrected chi connectivity index (χ4v) is 2.90. The average Bonchev–Trinajstić information content (AvgIpc) is 3.25. The number of ether oxygens (including phenoxy) is 3. The Morgan fingerprint density at radius 3 is 2.57 bits per heavy atom. The molecule has 1 atom stereocenters. The van der Waals surface area contributed by atoms with E-state index in [-0.39, 0.29) is 12.5 Å². The number of para-hydroxylation sites is 2. The van der Waals surface area contributed by atoms with Crippen LogP contribution < -0.4 is 14.2 Å². The van der Waals surface area contributed by atoms with Crippen molar-refractivity contribution in [2.45, 2.75) is 26.0 Å². The molecule has 158 valence electrons. The summed E-state index contributed by atoms with van der Waals surface area (Å²) in [5.41, 5.74) is 0.768. The molecule has 2 aromatic carbocycles. The van der Waals surface area contributed by atoms with Gasteiger partial charge in [0, 0.05) is 12.6 Å². The fourth-order valence-electron chi connectivity index (χ4n) is 2.90. The van der Waals surface area contributed by atoms with Crippen molar-refractivity contribution in [1.82, 2.24) is 15.0 Å². The van der Waals surface area contributed by atoms with E-state index < -0.39 is 6.10 Å². The Morgan fingerprint density at radius 1 is 1.10 bits per heavy atom. The molecule has 0 N–H and O–H groups in total. The lowest BCUT2D eigenvalue weighted by atomic mass is 10.2. The number of carbonyl (C=O) groups is 1. The highest BCUT2D eigenvalue weighted by molar-refractivity contribution is 5.81. The molecule has 1 heterocycles. The lowest BCUT2D eigenvalue weighted by Gasteiger charge is -2.23. The topological polar surface area (TPSA) is 86.9 Å². The third-order valence-corrected chi connectivity index (χ3v) is 4.53. The normalized spacial score (nSPS) is 11.6. The van der Waals surface area contributed by atoms with E-state index in [0.29, 0.717) is 35.4 Å². The van der Waals surface area contributed by atoms with E-state index >= 15 is 0 Å². The number of carbonyl (C=O) groups excluding carboxylic acids is 1. The van der Waals surface area contributed by atoms with Crippen LogP contribution in [-0.4, -0.2) is 48.3 Å². The van der Waals surface area contributed by atoms with Crippen molar-refractivity contribution in [1.29, 1.82) is 0 Å². The highest BCUT2D eigenvalue weighted by Crippen LogP contribution is 2.28. The molecule has 1 amide bonds. The summed E-state index contributed by atoms with van der Waals surface area (Å²) >= 11 is 0. The second-order valence-corrected chi connectivity index (χ2v) is 6.60. The first-order valence-corrected chi connectivity index (χ1v) is 9.57. The Morgan fingerprint density at radius 2 is 1.87 bits per heavy atom. The standard InChI is InChI=1S/C22H25N3O5/c1-5-17(29-19-12-7-6-11-18(19)28-4)22(26)25(2)14-20-23-21(24-30-20)15-9-8-10-16(13-15)27-3/h6-13,17H,5,14H2,1-4H3. The number of hydrogen-bond acceptors (Lipinski definition) is 7. The number of rotatable bonds is 9. The van der Waals surface area contributed by atoms with Gasteiger partial charge in [0.05, 0.1) is 20.8 Å². The van der Waals surface area contributed by atoms with E-state index in [2.05, 4.69) is 10.1 Å². The minimum Gasteiger partial charge on any atom is -0.497 e. The van der Waals surface area contributed by atoms with Crippen LogP contribution in [0, 0.1) is 0 Å². The van der Waals surface area contributed by atoms with Gasteiger partial charge in [-0.3, -0.25) is 4.79 Å². The predicted octanol–water partition coefficient (Wildman–Crippen LogP) is 3.57. The van der Waals surface area contributed by atoms with Gasteiger partial charge in [-0.05, 0) is 30.7 Å². The van der Waals surface area contributed by atoms with Gasteiger partial charge in [0.15, 0.2) is 17.6 Å². The van der Waals surface area contributed by atoms with E-state index in [0.717, 1.165) is 5.56 Å². The van der Waals surface area contributed by atoms with E-state index in [4.69, 9.17) is 18.7 Å². The van der Waals surface area contributed by atoms with Crippen LogP contribution in [0.2, 0.25) is 0 Å². The van der Waals surface area contributed by atoms with Gasteiger partial charge in [-0.15, -0.1) is 0 Å². The Bertz CT molecular complexity index is 988. The molecule has 0 bridgehead atoms. The molecular weight excluding hydrogens is 386 g/mol. The van der Waals surface area contributed by atoms with Crippen molar-refractivity contribution in [3.05, 3.63) is 54.4 Å². The molecular formula is C22H25N3O5. The summed E-state index contributed by atoms with van der Waals surface area (Å²) in [4.78, 5) is 18.8. The molecule has 0 saturated carbocycles. The number of likely N-dealkylation sites (N-methyl/N-ethyl adjacent to an activating group) is 1. The highest BCUT2D eigenvalue weighted by Gasteiger charge is 2.25. The lowest BCUT2D eigenvalue weighted by Crippen LogP contribution is -2.39. The minimum atomic E-state index is -0.660. The van der Waals surface area contributed by atoms with Crippen molar-refractivity contribution in [2.75, 3.05) is 21.3 Å². The maximum atomic E-state index is 12.9. The largest absolute Gasteiger partial charge is 0.497 e. The van der Waals surface area contributed by atoms with Gasteiger partial charge in [0.2, 0.25) is 11.7 Å². The summed E-state index contributed by atoms with van der Waals surface area (Å²) in [6.45, 7) is 2.06. The Kier molecular flexibility index (Phi) is 6.90. The van der Waals surface area contributed by atoms with Crippen molar-refractivity contribution < 1.29 is 23.5 Å². The van der Waals surface area contributed by atoms with Crippen LogP contribution in [0.1, 0.15) is 19.2 Å². The van der Waals surface area contributed by atoms with Crippen molar-refractivity contribution in [3.63, 3.8) is 0 Å². The van der Waals surface area contributed by atoms with E-state index in [1.165, 1.54) is 4.90 Å². The Labute approximate surface area is 175 Å². The molecule has 0 fully saturated rings. The maximum absolute atomic E-state index is 12.9. The zero-order chi connectivity index (χ0) is 21.5. The summed E-state index contributed by atoms with van der Waals surface area (Å²) in [6.07, 6.45) is -0.160. The van der Waals surface area contributed by atoms with E-state index in [1.807, 2.05) is 43.3 Å². The van der Waals surface area contributed by atoms with Gasteiger partial charge in [-0.2, -0.15) is 4.98 Å². The number of benzene rings is 2. The Balaban J connectivity index is 1.68. The number of amides is 1. The molecule has 0 aliphatic heterocycles. The monoisotopic (exact) mass is 411 g/mol. The summed E-state index contributed by atoms with van der Waals surface area (Å²) in [5.74, 6) is 2.37. The molecule has 30 heavy (non-hydrogen) atoms. The smallest absolute Gasteiger partial charge is 0.263 e. The average molecular weight is 411 g/mol. The second kappa shape index (κ2) is 9.78. The van der Waals surface area contributed by atoms with Crippen LogP contribution >= 0.6 is 0 Å². The molecule has 0 radical (unpaired) electrons. The number of aromatic nitrogens is 2. The van der Waals surface area contributed by atoms with Gasteiger partial charge in [0.1, 0.15) is 5.75 Å². The van der Waals surface area contributed by atoms with Crippen molar-refractivity contribution in [2.24, 2.45) is 0 Å². The van der Waals surface area contributed by atoms with Crippen LogP contribution in [0.4, 0.5) is 0 Å². The second-order valence-electron chi connectivity index (χ2n) is 6.60. The molecule has 1 unspecified atom stereocenters. The fraction of sp³-hybridized carbons (Fsp3) is 0.318. The Hall–Kier alpha value is -3.55. The molecule has 0 spiro atoms. The first-order valence-electron chi connectivity index (χ1n) is 9.57. The van der Waals surface area contributed by atoms with Gasteiger partial charge >= 0.3 is 0 Å². The van der Waals surface area contributed by atoms with Gasteiger partial charge < -0.3 is 23.6 Å². The summed E-state index contributed by atoms with van der Waals surface area (Å²) in [6, 6.07) is 14.6.